The molecule has 1 heterocycles. The van der Waals surface area contributed by atoms with Gasteiger partial charge in [0.05, 0.1) is 6.42 Å². The first-order valence-corrected chi connectivity index (χ1v) is 8.91. The number of benzene rings is 2. The Morgan fingerprint density at radius 3 is 1.96 bits per heavy atom. The Balaban J connectivity index is 1.57. The van der Waals surface area contributed by atoms with Gasteiger partial charge in [-0.2, -0.15) is 0 Å². The van der Waals surface area contributed by atoms with Crippen molar-refractivity contribution in [2.24, 2.45) is 0 Å². The maximum absolute atomic E-state index is 12.4. The summed E-state index contributed by atoms with van der Waals surface area (Å²) in [5.41, 5.74) is 3.87. The molecule has 1 N–H and O–H groups in total. The van der Waals surface area contributed by atoms with Crippen molar-refractivity contribution in [3.63, 3.8) is 0 Å². The van der Waals surface area contributed by atoms with Gasteiger partial charge < -0.3 is 5.11 Å². The molecule has 1 aromatic heterocycles. The Kier molecular flexibility index (Phi) is 6.07. The fraction of sp³-hybridized carbons (Fsp3) is 0.130. The zero-order chi connectivity index (χ0) is 19.9. The van der Waals surface area contributed by atoms with Crippen molar-refractivity contribution < 1.29 is 19.5 Å². The molecule has 0 saturated carbocycles. The summed E-state index contributed by atoms with van der Waals surface area (Å²) in [6.07, 6.45) is 3.01. The van der Waals surface area contributed by atoms with E-state index in [-0.39, 0.29) is 12.2 Å². The van der Waals surface area contributed by atoms with E-state index >= 15 is 0 Å². The number of carboxylic acid groups (broad SMARTS) is 1. The highest BCUT2D eigenvalue weighted by Gasteiger charge is 2.13. The summed E-state index contributed by atoms with van der Waals surface area (Å²) in [6, 6.07) is 20.3. The van der Waals surface area contributed by atoms with Crippen molar-refractivity contribution in [2.45, 2.75) is 19.3 Å². The molecular weight excluding hydrogens is 354 g/mol. The van der Waals surface area contributed by atoms with Crippen molar-refractivity contribution in [3.8, 4) is 0 Å². The van der Waals surface area contributed by atoms with E-state index in [9.17, 15) is 14.4 Å². The minimum atomic E-state index is -1.44. The van der Waals surface area contributed by atoms with Crippen LogP contribution in [0.4, 0.5) is 0 Å². The topological polar surface area (TPSA) is 84.3 Å². The van der Waals surface area contributed by atoms with Gasteiger partial charge in [-0.3, -0.25) is 14.6 Å². The van der Waals surface area contributed by atoms with Gasteiger partial charge in [0.15, 0.2) is 5.78 Å². The van der Waals surface area contributed by atoms with Gasteiger partial charge >= 0.3 is 5.97 Å². The van der Waals surface area contributed by atoms with Crippen molar-refractivity contribution >= 4 is 17.5 Å². The van der Waals surface area contributed by atoms with Gasteiger partial charge in [-0.05, 0) is 30.0 Å². The molecule has 0 amide bonds. The second-order valence-electron chi connectivity index (χ2n) is 6.45. The van der Waals surface area contributed by atoms with Crippen LogP contribution >= 0.6 is 0 Å². The van der Waals surface area contributed by atoms with E-state index in [1.807, 2.05) is 48.5 Å². The van der Waals surface area contributed by atoms with E-state index < -0.39 is 11.8 Å². The lowest BCUT2D eigenvalue weighted by Gasteiger charge is -2.05. The zero-order valence-electron chi connectivity index (χ0n) is 15.2. The number of ketones is 2. The van der Waals surface area contributed by atoms with E-state index in [0.29, 0.717) is 16.8 Å². The van der Waals surface area contributed by atoms with E-state index in [1.54, 1.807) is 24.4 Å². The molecule has 5 nitrogen and oxygen atoms in total. The van der Waals surface area contributed by atoms with Crippen LogP contribution in [0.1, 0.15) is 32.7 Å². The smallest absolute Gasteiger partial charge is 0.372 e. The second-order valence-corrected chi connectivity index (χ2v) is 6.45. The highest BCUT2D eigenvalue weighted by molar-refractivity contribution is 6.33. The molecular formula is C23H19NO4. The minimum absolute atomic E-state index is 0.00264. The van der Waals surface area contributed by atoms with Crippen LogP contribution in [-0.4, -0.2) is 27.6 Å². The van der Waals surface area contributed by atoms with Crippen molar-refractivity contribution in [2.75, 3.05) is 0 Å². The second kappa shape index (κ2) is 8.86. The first-order valence-electron chi connectivity index (χ1n) is 8.91. The Hall–Kier alpha value is -3.60. The molecule has 140 valence electrons. The van der Waals surface area contributed by atoms with Crippen LogP contribution in [0, 0.1) is 0 Å². The molecule has 2 aromatic carbocycles. The Bertz CT molecular complexity index is 977. The third-order valence-electron chi connectivity index (χ3n) is 4.42. The highest BCUT2D eigenvalue weighted by atomic mass is 16.4. The van der Waals surface area contributed by atoms with Gasteiger partial charge in [0.25, 0.3) is 0 Å². The fourth-order valence-electron chi connectivity index (χ4n) is 2.82. The van der Waals surface area contributed by atoms with Crippen LogP contribution in [0.5, 0.6) is 0 Å². The number of Topliss-reactive ketones (excluding diaryl/α,β-unsaturated/α-hetero) is 1. The van der Waals surface area contributed by atoms with Crippen LogP contribution < -0.4 is 0 Å². The molecule has 0 radical (unpaired) electrons. The molecule has 0 aliphatic rings. The zero-order valence-corrected chi connectivity index (χ0v) is 15.2. The third kappa shape index (κ3) is 4.98. The number of carboxylic acids is 1. The summed E-state index contributed by atoms with van der Waals surface area (Å²) in [4.78, 5) is 38.4. The Morgan fingerprint density at radius 2 is 1.36 bits per heavy atom. The summed E-state index contributed by atoms with van der Waals surface area (Å²) in [5, 5.41) is 8.63. The lowest BCUT2D eigenvalue weighted by atomic mass is 10.00. The molecule has 0 aliphatic carbocycles. The largest absolute Gasteiger partial charge is 0.475 e. The molecule has 5 heteroatoms. The molecule has 3 rings (SSSR count). The van der Waals surface area contributed by atoms with Crippen molar-refractivity contribution in [3.05, 3.63) is 101 Å². The molecule has 0 bridgehead atoms. The number of carbonyl (C=O) groups excluding carboxylic acids is 2. The van der Waals surface area contributed by atoms with E-state index in [1.165, 1.54) is 0 Å². The molecule has 3 aromatic rings. The predicted octanol–water partition coefficient (Wildman–Crippen LogP) is 3.29. The van der Waals surface area contributed by atoms with Crippen LogP contribution in [0.15, 0.2) is 72.9 Å². The lowest BCUT2D eigenvalue weighted by molar-refractivity contribution is -0.148. The third-order valence-corrected chi connectivity index (χ3v) is 4.42. The first-order chi connectivity index (χ1) is 13.5. The van der Waals surface area contributed by atoms with Crippen LogP contribution in [0.3, 0.4) is 0 Å². The number of hydrogen-bond acceptors (Lipinski definition) is 4. The predicted molar refractivity (Wildman–Crippen MR) is 104 cm³/mol. The summed E-state index contributed by atoms with van der Waals surface area (Å²) >= 11 is 0. The fourth-order valence-corrected chi connectivity index (χ4v) is 2.82. The van der Waals surface area contributed by atoms with Gasteiger partial charge in [-0.15, -0.1) is 0 Å². The quantitative estimate of drug-likeness (QED) is 0.484. The van der Waals surface area contributed by atoms with Gasteiger partial charge in [0.1, 0.15) is 0 Å². The Labute approximate surface area is 162 Å². The number of nitrogens with zero attached hydrogens (tertiary/aromatic N) is 1. The number of aromatic nitrogens is 1. The van der Waals surface area contributed by atoms with Gasteiger partial charge in [-0.1, -0.05) is 60.7 Å². The summed E-state index contributed by atoms with van der Waals surface area (Å²) in [6.45, 7) is 0. The average Bonchev–Trinajstić information content (AvgIpc) is 2.73. The van der Waals surface area contributed by atoms with Crippen molar-refractivity contribution in [1.29, 1.82) is 0 Å². The molecule has 0 spiro atoms. The standard InChI is InChI=1S/C23H19NO4/c25-21(23(27)28)14-20-13-10-17(15-24-20)7-6-16-8-11-19(12-9-16)22(26)18-4-2-1-3-5-18/h1-5,8-13,15H,6-7,14H2,(H,27,28). The summed E-state index contributed by atoms with van der Waals surface area (Å²) < 4.78 is 0. The van der Waals surface area contributed by atoms with E-state index in [0.717, 1.165) is 24.0 Å². The number of carbonyl (C=O) groups is 3. The molecule has 0 fully saturated rings. The SMILES string of the molecule is O=C(O)C(=O)Cc1ccc(CCc2ccc(C(=O)c3ccccc3)cc2)cn1. The van der Waals surface area contributed by atoms with E-state index in [2.05, 4.69) is 4.98 Å². The van der Waals surface area contributed by atoms with Crippen molar-refractivity contribution in [1.82, 2.24) is 4.98 Å². The molecule has 0 aliphatic heterocycles. The number of aryl methyl sites for hydroxylation is 2. The lowest BCUT2D eigenvalue weighted by Crippen LogP contribution is -2.15. The van der Waals surface area contributed by atoms with Crippen LogP contribution in [-0.2, 0) is 28.9 Å². The minimum Gasteiger partial charge on any atom is -0.475 e. The molecule has 28 heavy (non-hydrogen) atoms. The summed E-state index contributed by atoms with van der Waals surface area (Å²) in [7, 11) is 0. The molecule has 0 atom stereocenters. The Morgan fingerprint density at radius 1 is 0.750 bits per heavy atom. The summed E-state index contributed by atoms with van der Waals surface area (Å²) in [5.74, 6) is -2.31. The maximum atomic E-state index is 12.4. The van der Waals surface area contributed by atoms with Gasteiger partial charge in [0, 0.05) is 23.0 Å². The number of hydrogen-bond donors (Lipinski definition) is 1. The normalized spacial score (nSPS) is 10.4. The monoisotopic (exact) mass is 373 g/mol. The molecule has 0 unspecified atom stereocenters. The number of aliphatic carboxylic acids is 1. The maximum Gasteiger partial charge on any atom is 0.372 e. The van der Waals surface area contributed by atoms with Gasteiger partial charge in [-0.25, -0.2) is 4.79 Å². The highest BCUT2D eigenvalue weighted by Crippen LogP contribution is 2.13. The average molecular weight is 373 g/mol. The number of rotatable bonds is 8. The van der Waals surface area contributed by atoms with Crippen LogP contribution in [0.2, 0.25) is 0 Å². The van der Waals surface area contributed by atoms with E-state index in [4.69, 9.17) is 5.11 Å². The molecule has 0 saturated heterocycles. The van der Waals surface area contributed by atoms with Crippen LogP contribution in [0.25, 0.3) is 0 Å². The van der Waals surface area contributed by atoms with Gasteiger partial charge in [0.2, 0.25) is 5.78 Å². The number of pyridine rings is 1. The first kappa shape index (κ1) is 19.2.